The molecule has 0 rings (SSSR count). The Labute approximate surface area is 95.8 Å². The summed E-state index contributed by atoms with van der Waals surface area (Å²) in [7, 11) is 0. The molecule has 0 heteroatoms. The van der Waals surface area contributed by atoms with Crippen LogP contribution in [0.2, 0.25) is 0 Å². The minimum atomic E-state index is 0.842. The zero-order valence-electron chi connectivity index (χ0n) is 10.6. The molecule has 0 nitrogen and oxygen atoms in total. The van der Waals surface area contributed by atoms with Gasteiger partial charge in [0, 0.05) is 0 Å². The molecule has 0 amide bonds. The molecule has 0 radical (unpaired) electrons. The molecule has 0 aliphatic rings. The maximum atomic E-state index is 3.89. The van der Waals surface area contributed by atoms with Gasteiger partial charge in [-0.1, -0.05) is 70.4 Å². The standard InChI is InChI=1S/C15H26/c1-5-9-12-14(8-4)13-15(10-6-2)11-7-3/h5,8-9,12,15H,4,6-7,10-11,13H2,1-3H3/b9-5-,14-12+. The molecular weight excluding hydrogens is 180 g/mol. The Morgan fingerprint density at radius 1 is 1.20 bits per heavy atom. The van der Waals surface area contributed by atoms with Crippen molar-refractivity contribution in [3.05, 3.63) is 36.5 Å². The van der Waals surface area contributed by atoms with E-state index in [-0.39, 0.29) is 0 Å². The molecule has 0 aromatic heterocycles. The zero-order chi connectivity index (χ0) is 11.5. The van der Waals surface area contributed by atoms with Gasteiger partial charge in [0.05, 0.1) is 0 Å². The first kappa shape index (κ1) is 14.2. The number of hydrogen-bond acceptors (Lipinski definition) is 0. The molecule has 0 aliphatic heterocycles. The maximum Gasteiger partial charge on any atom is -0.0251 e. The summed E-state index contributed by atoms with van der Waals surface area (Å²) in [6.07, 6.45) is 14.8. The molecule has 0 aromatic rings. The van der Waals surface area contributed by atoms with E-state index in [1.165, 1.54) is 37.7 Å². The third-order valence-electron chi connectivity index (χ3n) is 2.68. The van der Waals surface area contributed by atoms with Crippen molar-refractivity contribution in [1.29, 1.82) is 0 Å². The fourth-order valence-corrected chi connectivity index (χ4v) is 1.94. The Bertz CT molecular complexity index is 202. The van der Waals surface area contributed by atoms with Crippen LogP contribution in [0.1, 0.15) is 52.9 Å². The summed E-state index contributed by atoms with van der Waals surface area (Å²) in [5.41, 5.74) is 1.38. The lowest BCUT2D eigenvalue weighted by Gasteiger charge is -2.15. The normalized spacial score (nSPS) is 12.7. The highest BCUT2D eigenvalue weighted by molar-refractivity contribution is 5.22. The third kappa shape index (κ3) is 7.18. The minimum absolute atomic E-state index is 0.842. The molecule has 15 heavy (non-hydrogen) atoms. The second-order valence-corrected chi connectivity index (χ2v) is 4.12. The smallest absolute Gasteiger partial charge is 0.0251 e. The van der Waals surface area contributed by atoms with Crippen LogP contribution in [0.25, 0.3) is 0 Å². The van der Waals surface area contributed by atoms with Crippen molar-refractivity contribution >= 4 is 0 Å². The Morgan fingerprint density at radius 3 is 2.20 bits per heavy atom. The highest BCUT2D eigenvalue weighted by atomic mass is 14.1. The molecule has 0 unspecified atom stereocenters. The first-order valence-corrected chi connectivity index (χ1v) is 6.22. The van der Waals surface area contributed by atoms with E-state index in [0.717, 1.165) is 5.92 Å². The lowest BCUT2D eigenvalue weighted by molar-refractivity contribution is 0.439. The van der Waals surface area contributed by atoms with Gasteiger partial charge in [0.15, 0.2) is 0 Å². The van der Waals surface area contributed by atoms with Gasteiger partial charge in [-0.05, 0) is 24.8 Å². The van der Waals surface area contributed by atoms with Gasteiger partial charge in [0.2, 0.25) is 0 Å². The summed E-state index contributed by atoms with van der Waals surface area (Å²) in [6, 6.07) is 0. The SMILES string of the molecule is C=C/C(=C\C=C/C)CC(CCC)CCC. The summed E-state index contributed by atoms with van der Waals surface area (Å²) >= 11 is 0. The van der Waals surface area contributed by atoms with E-state index in [1.807, 2.05) is 13.0 Å². The van der Waals surface area contributed by atoms with Gasteiger partial charge < -0.3 is 0 Å². The van der Waals surface area contributed by atoms with E-state index in [9.17, 15) is 0 Å². The first-order valence-electron chi connectivity index (χ1n) is 6.22. The lowest BCUT2D eigenvalue weighted by atomic mass is 9.91. The fraction of sp³-hybridized carbons (Fsp3) is 0.600. The van der Waals surface area contributed by atoms with Crippen molar-refractivity contribution in [3.63, 3.8) is 0 Å². The second-order valence-electron chi connectivity index (χ2n) is 4.12. The van der Waals surface area contributed by atoms with E-state index < -0.39 is 0 Å². The van der Waals surface area contributed by atoms with Gasteiger partial charge >= 0.3 is 0 Å². The molecule has 0 aliphatic carbocycles. The van der Waals surface area contributed by atoms with Crippen LogP contribution in [-0.4, -0.2) is 0 Å². The van der Waals surface area contributed by atoms with Crippen LogP contribution in [0.4, 0.5) is 0 Å². The molecule has 0 atom stereocenters. The highest BCUT2D eigenvalue weighted by Crippen LogP contribution is 2.22. The molecular formula is C15H26. The van der Waals surface area contributed by atoms with Gasteiger partial charge in [0.25, 0.3) is 0 Å². The van der Waals surface area contributed by atoms with Crippen LogP contribution in [0.5, 0.6) is 0 Å². The summed E-state index contributed by atoms with van der Waals surface area (Å²) in [5, 5.41) is 0. The van der Waals surface area contributed by atoms with E-state index in [2.05, 4.69) is 38.7 Å². The molecule has 0 saturated carbocycles. The lowest BCUT2D eigenvalue weighted by Crippen LogP contribution is -2.00. The van der Waals surface area contributed by atoms with Gasteiger partial charge in [-0.15, -0.1) is 0 Å². The summed E-state index contributed by atoms with van der Waals surface area (Å²) < 4.78 is 0. The molecule has 0 spiro atoms. The highest BCUT2D eigenvalue weighted by Gasteiger charge is 2.07. The van der Waals surface area contributed by atoms with E-state index in [4.69, 9.17) is 0 Å². The Balaban J connectivity index is 4.26. The van der Waals surface area contributed by atoms with Gasteiger partial charge in [0.1, 0.15) is 0 Å². The Morgan fingerprint density at radius 2 is 1.80 bits per heavy atom. The van der Waals surface area contributed by atoms with E-state index in [1.54, 1.807) is 0 Å². The van der Waals surface area contributed by atoms with E-state index in [0.29, 0.717) is 0 Å². The van der Waals surface area contributed by atoms with Crippen LogP contribution < -0.4 is 0 Å². The quantitative estimate of drug-likeness (QED) is 0.474. The van der Waals surface area contributed by atoms with Gasteiger partial charge in [-0.25, -0.2) is 0 Å². The van der Waals surface area contributed by atoms with Crippen molar-refractivity contribution in [3.8, 4) is 0 Å². The minimum Gasteiger partial charge on any atom is -0.0988 e. The third-order valence-corrected chi connectivity index (χ3v) is 2.68. The largest absolute Gasteiger partial charge is 0.0988 e. The average Bonchev–Trinajstić information content (AvgIpc) is 2.24. The topological polar surface area (TPSA) is 0 Å². The molecule has 0 bridgehead atoms. The van der Waals surface area contributed by atoms with Crippen molar-refractivity contribution < 1.29 is 0 Å². The van der Waals surface area contributed by atoms with Crippen molar-refractivity contribution in [2.24, 2.45) is 5.92 Å². The number of rotatable bonds is 8. The van der Waals surface area contributed by atoms with Crippen LogP contribution in [0.15, 0.2) is 36.5 Å². The maximum absolute atomic E-state index is 3.89. The average molecular weight is 206 g/mol. The van der Waals surface area contributed by atoms with E-state index >= 15 is 0 Å². The molecule has 0 N–H and O–H groups in total. The fourth-order valence-electron chi connectivity index (χ4n) is 1.94. The molecule has 0 heterocycles. The number of allylic oxidation sites excluding steroid dienone is 5. The summed E-state index contributed by atoms with van der Waals surface area (Å²) in [6.45, 7) is 10.5. The second kappa shape index (κ2) is 9.76. The molecule has 0 fully saturated rings. The van der Waals surface area contributed by atoms with Crippen LogP contribution in [-0.2, 0) is 0 Å². The Hall–Kier alpha value is -0.780. The number of hydrogen-bond donors (Lipinski definition) is 0. The predicted octanol–water partition coefficient (Wildman–Crippen LogP) is 5.28. The van der Waals surface area contributed by atoms with Crippen LogP contribution >= 0.6 is 0 Å². The van der Waals surface area contributed by atoms with Gasteiger partial charge in [-0.2, -0.15) is 0 Å². The van der Waals surface area contributed by atoms with Crippen LogP contribution in [0, 0.1) is 5.92 Å². The van der Waals surface area contributed by atoms with Crippen LogP contribution in [0.3, 0.4) is 0 Å². The first-order chi connectivity index (χ1) is 7.28. The van der Waals surface area contributed by atoms with Gasteiger partial charge in [-0.3, -0.25) is 0 Å². The molecule has 0 saturated heterocycles. The van der Waals surface area contributed by atoms with Crippen molar-refractivity contribution in [2.45, 2.75) is 52.9 Å². The molecule has 0 aromatic carbocycles. The van der Waals surface area contributed by atoms with Crippen molar-refractivity contribution in [1.82, 2.24) is 0 Å². The predicted molar refractivity (Wildman–Crippen MR) is 71.0 cm³/mol. The Kier molecular flexibility index (Phi) is 9.26. The molecule has 86 valence electrons. The summed E-state index contributed by atoms with van der Waals surface area (Å²) in [4.78, 5) is 0. The van der Waals surface area contributed by atoms with Crippen molar-refractivity contribution in [2.75, 3.05) is 0 Å². The monoisotopic (exact) mass is 206 g/mol. The summed E-state index contributed by atoms with van der Waals surface area (Å²) in [5.74, 6) is 0.842. The zero-order valence-corrected chi connectivity index (χ0v) is 10.6.